The average Bonchev–Trinajstić information content (AvgIpc) is 2.74. The van der Waals surface area contributed by atoms with Crippen LogP contribution in [0.2, 0.25) is 0 Å². The number of nitrogens with zero attached hydrogens (tertiary/aromatic N) is 1. The van der Waals surface area contributed by atoms with Gasteiger partial charge in [-0.1, -0.05) is 15.9 Å². The summed E-state index contributed by atoms with van der Waals surface area (Å²) in [5.74, 6) is 0.427. The molecule has 0 spiro atoms. The van der Waals surface area contributed by atoms with Gasteiger partial charge < -0.3 is 10.1 Å². The van der Waals surface area contributed by atoms with Gasteiger partial charge in [0.1, 0.15) is 5.75 Å². The number of halogens is 1. The maximum atomic E-state index is 11.6. The predicted molar refractivity (Wildman–Crippen MR) is 68.7 cm³/mol. The zero-order chi connectivity index (χ0) is 13.0. The van der Waals surface area contributed by atoms with Crippen LogP contribution in [-0.4, -0.2) is 31.0 Å². The van der Waals surface area contributed by atoms with E-state index < -0.39 is 0 Å². The van der Waals surface area contributed by atoms with E-state index in [0.717, 1.165) is 4.47 Å². The van der Waals surface area contributed by atoms with Crippen molar-refractivity contribution >= 4 is 21.8 Å². The topological polar surface area (TPSA) is 77.7 Å². The Labute approximate surface area is 113 Å². The van der Waals surface area contributed by atoms with Gasteiger partial charge >= 0.3 is 0 Å². The molecular weight excluding hydrogens is 302 g/mol. The molecule has 7 nitrogen and oxygen atoms in total. The fourth-order valence-corrected chi connectivity index (χ4v) is 1.63. The summed E-state index contributed by atoms with van der Waals surface area (Å²) < 4.78 is 6.30. The standard InChI is InChI=1S/C10H14BrN5O2/c1-16-14-10(13-15-16)12-9(17)6-18-8-4-2-7(11)3-5-8/h2-5,10,13-15H,6H2,1H3,(H,12,17). The van der Waals surface area contributed by atoms with Crippen LogP contribution in [-0.2, 0) is 4.79 Å². The molecule has 0 saturated carbocycles. The van der Waals surface area contributed by atoms with Crippen molar-refractivity contribution in [2.75, 3.05) is 13.7 Å². The Balaban J connectivity index is 1.73. The first kappa shape index (κ1) is 13.2. The number of carbonyl (C=O) groups is 1. The first-order chi connectivity index (χ1) is 8.63. The van der Waals surface area contributed by atoms with Crippen molar-refractivity contribution < 1.29 is 9.53 Å². The van der Waals surface area contributed by atoms with Crippen molar-refractivity contribution in [1.82, 2.24) is 26.8 Å². The molecule has 0 radical (unpaired) electrons. The fraction of sp³-hybridized carbons (Fsp3) is 0.300. The lowest BCUT2D eigenvalue weighted by molar-refractivity contribution is -0.124. The second kappa shape index (κ2) is 6.12. The Morgan fingerprint density at radius 3 is 2.83 bits per heavy atom. The van der Waals surface area contributed by atoms with Gasteiger partial charge in [-0.25, -0.2) is 10.9 Å². The van der Waals surface area contributed by atoms with Crippen molar-refractivity contribution in [3.05, 3.63) is 28.7 Å². The largest absolute Gasteiger partial charge is 0.484 e. The highest BCUT2D eigenvalue weighted by Gasteiger charge is 2.18. The highest BCUT2D eigenvalue weighted by Crippen LogP contribution is 2.15. The third-order valence-electron chi connectivity index (χ3n) is 2.19. The van der Waals surface area contributed by atoms with Gasteiger partial charge in [-0.3, -0.25) is 4.79 Å². The minimum Gasteiger partial charge on any atom is -0.484 e. The monoisotopic (exact) mass is 315 g/mol. The molecule has 1 saturated heterocycles. The number of hydrazine groups is 3. The van der Waals surface area contributed by atoms with Gasteiger partial charge in [0.2, 0.25) is 0 Å². The van der Waals surface area contributed by atoms with Gasteiger partial charge in [-0.15, -0.1) is 0 Å². The number of amides is 1. The quantitative estimate of drug-likeness (QED) is 0.610. The van der Waals surface area contributed by atoms with Crippen molar-refractivity contribution in [3.8, 4) is 5.75 Å². The summed E-state index contributed by atoms with van der Waals surface area (Å²) in [6, 6.07) is 7.29. The lowest BCUT2D eigenvalue weighted by Crippen LogP contribution is -2.51. The van der Waals surface area contributed by atoms with Crippen LogP contribution in [0, 0.1) is 0 Å². The highest BCUT2D eigenvalue weighted by atomic mass is 79.9. The molecule has 8 heteroatoms. The Kier molecular flexibility index (Phi) is 4.50. The van der Waals surface area contributed by atoms with Crippen LogP contribution in [0.5, 0.6) is 5.75 Å². The van der Waals surface area contributed by atoms with Gasteiger partial charge in [0, 0.05) is 11.5 Å². The molecule has 1 aromatic rings. The molecule has 98 valence electrons. The lowest BCUT2D eigenvalue weighted by atomic mass is 10.3. The number of hydrogen-bond donors (Lipinski definition) is 4. The van der Waals surface area contributed by atoms with Gasteiger partial charge in [-0.05, 0) is 24.3 Å². The fourth-order valence-electron chi connectivity index (χ4n) is 1.37. The van der Waals surface area contributed by atoms with Crippen LogP contribution < -0.4 is 26.4 Å². The SMILES string of the molecule is CN1NNC(NC(=O)COc2ccc(Br)cc2)N1. The highest BCUT2D eigenvalue weighted by molar-refractivity contribution is 9.10. The first-order valence-corrected chi connectivity index (χ1v) is 6.11. The van der Waals surface area contributed by atoms with E-state index in [4.69, 9.17) is 4.74 Å². The zero-order valence-corrected chi connectivity index (χ0v) is 11.3. The molecule has 0 aliphatic carbocycles. The molecule has 1 aliphatic rings. The van der Waals surface area contributed by atoms with Crippen molar-refractivity contribution in [2.24, 2.45) is 0 Å². The molecule has 1 aromatic carbocycles. The molecule has 0 bridgehead atoms. The van der Waals surface area contributed by atoms with E-state index in [2.05, 4.69) is 37.6 Å². The van der Waals surface area contributed by atoms with Crippen LogP contribution >= 0.6 is 15.9 Å². The minimum absolute atomic E-state index is 0.0365. The summed E-state index contributed by atoms with van der Waals surface area (Å²) in [5, 5.41) is 4.29. The van der Waals surface area contributed by atoms with E-state index in [0.29, 0.717) is 5.75 Å². The Bertz CT molecular complexity index is 413. The molecule has 1 unspecified atom stereocenters. The summed E-state index contributed by atoms with van der Waals surface area (Å²) in [5.41, 5.74) is 8.49. The van der Waals surface area contributed by atoms with Gasteiger partial charge in [0.05, 0.1) is 0 Å². The molecule has 1 amide bonds. The van der Waals surface area contributed by atoms with Crippen LogP contribution in [0.3, 0.4) is 0 Å². The van der Waals surface area contributed by atoms with Crippen molar-refractivity contribution in [1.29, 1.82) is 0 Å². The van der Waals surface area contributed by atoms with Gasteiger partial charge in [0.15, 0.2) is 12.9 Å². The number of rotatable bonds is 4. The van der Waals surface area contributed by atoms with Crippen LogP contribution in [0.25, 0.3) is 0 Å². The van der Waals surface area contributed by atoms with E-state index in [-0.39, 0.29) is 18.8 Å². The summed E-state index contributed by atoms with van der Waals surface area (Å²) in [6.45, 7) is -0.0365. The van der Waals surface area contributed by atoms with E-state index in [1.165, 1.54) is 0 Å². The molecule has 4 N–H and O–H groups in total. The summed E-state index contributed by atoms with van der Waals surface area (Å²) in [6.07, 6.45) is -0.351. The Morgan fingerprint density at radius 2 is 2.22 bits per heavy atom. The van der Waals surface area contributed by atoms with E-state index in [1.54, 1.807) is 24.3 Å². The molecule has 0 aromatic heterocycles. The maximum absolute atomic E-state index is 11.6. The first-order valence-electron chi connectivity index (χ1n) is 5.32. The molecule has 1 heterocycles. The maximum Gasteiger partial charge on any atom is 0.260 e. The lowest BCUT2D eigenvalue weighted by Gasteiger charge is -2.13. The van der Waals surface area contributed by atoms with Crippen molar-refractivity contribution in [2.45, 2.75) is 6.29 Å². The van der Waals surface area contributed by atoms with Crippen LogP contribution in [0.15, 0.2) is 28.7 Å². The molecule has 1 fully saturated rings. The average molecular weight is 316 g/mol. The Morgan fingerprint density at radius 1 is 1.50 bits per heavy atom. The summed E-state index contributed by atoms with van der Waals surface area (Å²) in [4.78, 5) is 11.6. The normalized spacial score (nSPS) is 19.8. The third kappa shape index (κ3) is 3.93. The van der Waals surface area contributed by atoms with E-state index in [9.17, 15) is 4.79 Å². The van der Waals surface area contributed by atoms with E-state index >= 15 is 0 Å². The van der Waals surface area contributed by atoms with Gasteiger partial charge in [-0.2, -0.15) is 10.7 Å². The summed E-state index contributed by atoms with van der Waals surface area (Å²) in [7, 11) is 1.78. The zero-order valence-electron chi connectivity index (χ0n) is 9.74. The number of hydrogen-bond acceptors (Lipinski definition) is 6. The number of benzene rings is 1. The van der Waals surface area contributed by atoms with Gasteiger partial charge in [0.25, 0.3) is 5.91 Å². The number of nitrogens with one attached hydrogen (secondary N) is 4. The Hall–Kier alpha value is -1.19. The van der Waals surface area contributed by atoms with Crippen LogP contribution in [0.4, 0.5) is 0 Å². The molecule has 18 heavy (non-hydrogen) atoms. The van der Waals surface area contributed by atoms with E-state index in [1.807, 2.05) is 12.1 Å². The third-order valence-corrected chi connectivity index (χ3v) is 2.72. The molecule has 1 aliphatic heterocycles. The predicted octanol–water partition coefficient (Wildman–Crippen LogP) is -0.313. The second-order valence-electron chi connectivity index (χ2n) is 3.69. The van der Waals surface area contributed by atoms with Crippen molar-refractivity contribution in [3.63, 3.8) is 0 Å². The smallest absolute Gasteiger partial charge is 0.260 e. The second-order valence-corrected chi connectivity index (χ2v) is 4.60. The molecule has 2 rings (SSSR count). The molecule has 1 atom stereocenters. The number of ether oxygens (including phenoxy) is 1. The summed E-state index contributed by atoms with van der Waals surface area (Å²) >= 11 is 3.33. The number of carbonyl (C=O) groups excluding carboxylic acids is 1. The van der Waals surface area contributed by atoms with Crippen LogP contribution in [0.1, 0.15) is 0 Å². The molecular formula is C10H14BrN5O2. The minimum atomic E-state index is -0.351.